The predicted molar refractivity (Wildman–Crippen MR) is 74.3 cm³/mol. The fourth-order valence-corrected chi connectivity index (χ4v) is 1.66. The van der Waals surface area contributed by atoms with Crippen LogP contribution in [0.3, 0.4) is 0 Å². The molecule has 0 amide bonds. The lowest BCUT2D eigenvalue weighted by atomic mass is 10.1. The Morgan fingerprint density at radius 1 is 1.60 bits per heavy atom. The van der Waals surface area contributed by atoms with Crippen molar-refractivity contribution in [2.75, 3.05) is 18.5 Å². The van der Waals surface area contributed by atoms with Gasteiger partial charge in [0, 0.05) is 12.8 Å². The Hall–Kier alpha value is -2.20. The van der Waals surface area contributed by atoms with Crippen LogP contribution in [0.5, 0.6) is 0 Å². The van der Waals surface area contributed by atoms with E-state index >= 15 is 0 Å². The molecule has 0 aliphatic heterocycles. The molecule has 108 valence electrons. The molecular weight excluding hydrogens is 260 g/mol. The van der Waals surface area contributed by atoms with E-state index in [0.29, 0.717) is 13.2 Å². The van der Waals surface area contributed by atoms with E-state index in [9.17, 15) is 10.1 Å². The summed E-state index contributed by atoms with van der Waals surface area (Å²) in [7, 11) is 0. The Kier molecular flexibility index (Phi) is 5.87. The lowest BCUT2D eigenvalue weighted by Gasteiger charge is -2.22. The second kappa shape index (κ2) is 7.40. The third-order valence-corrected chi connectivity index (χ3v) is 2.86. The zero-order valence-corrected chi connectivity index (χ0v) is 11.8. The summed E-state index contributed by atoms with van der Waals surface area (Å²) < 4.78 is 5.36. The Bertz CT molecular complexity index is 511. The highest BCUT2D eigenvalue weighted by Gasteiger charge is 2.24. The highest BCUT2D eigenvalue weighted by Crippen LogP contribution is 2.27. The van der Waals surface area contributed by atoms with Crippen LogP contribution in [0, 0.1) is 27.4 Å². The van der Waals surface area contributed by atoms with Crippen molar-refractivity contribution >= 4 is 11.5 Å². The van der Waals surface area contributed by atoms with Crippen molar-refractivity contribution < 1.29 is 9.66 Å². The van der Waals surface area contributed by atoms with Crippen LogP contribution in [0.15, 0.2) is 12.3 Å². The highest BCUT2D eigenvalue weighted by atomic mass is 16.6. The van der Waals surface area contributed by atoms with Gasteiger partial charge >= 0.3 is 5.69 Å². The van der Waals surface area contributed by atoms with E-state index in [4.69, 9.17) is 10.00 Å². The van der Waals surface area contributed by atoms with Crippen LogP contribution in [0.1, 0.15) is 26.3 Å². The lowest BCUT2D eigenvalue weighted by Crippen LogP contribution is -2.31. The molecule has 0 radical (unpaired) electrons. The normalized spacial score (nSPS) is 11.9. The number of pyridine rings is 1. The van der Waals surface area contributed by atoms with Gasteiger partial charge in [-0.25, -0.2) is 4.98 Å². The first-order chi connectivity index (χ1) is 9.51. The Morgan fingerprint density at radius 3 is 2.80 bits per heavy atom. The summed E-state index contributed by atoms with van der Waals surface area (Å²) in [5, 5.41) is 23.1. The number of nitriles is 1. The quantitative estimate of drug-likeness (QED) is 0.606. The molecule has 0 spiro atoms. The summed E-state index contributed by atoms with van der Waals surface area (Å²) >= 11 is 0. The minimum absolute atomic E-state index is 0.00795. The predicted octanol–water partition coefficient (Wildman–Crippen LogP) is 2.33. The number of hydrogen-bond acceptors (Lipinski definition) is 6. The number of nitrogens with one attached hydrogen (secondary N) is 1. The van der Waals surface area contributed by atoms with Crippen LogP contribution < -0.4 is 5.32 Å². The molecule has 1 aromatic rings. The standard InChI is InChI=1S/C13H18N4O3/c1-4-20-8-11(9(2)3)16-13-12(17(18)19)10(7-14)5-6-15-13/h5-6,9,11H,4,8H2,1-3H3,(H,15,16). The van der Waals surface area contributed by atoms with Crippen molar-refractivity contribution in [3.63, 3.8) is 0 Å². The summed E-state index contributed by atoms with van der Waals surface area (Å²) in [6.45, 7) is 6.84. The summed E-state index contributed by atoms with van der Waals surface area (Å²) in [4.78, 5) is 14.5. The van der Waals surface area contributed by atoms with Crippen LogP contribution in [-0.2, 0) is 4.74 Å². The maximum absolute atomic E-state index is 11.1. The van der Waals surface area contributed by atoms with Crippen LogP contribution in [-0.4, -0.2) is 29.2 Å². The van der Waals surface area contributed by atoms with Crippen molar-refractivity contribution in [2.45, 2.75) is 26.8 Å². The number of ether oxygens (including phenoxy) is 1. The summed E-state index contributed by atoms with van der Waals surface area (Å²) in [5.74, 6) is 0.307. The number of anilines is 1. The van der Waals surface area contributed by atoms with Crippen LogP contribution in [0.2, 0.25) is 0 Å². The second-order valence-corrected chi connectivity index (χ2v) is 4.58. The minimum atomic E-state index is -0.591. The zero-order valence-electron chi connectivity index (χ0n) is 11.8. The van der Waals surface area contributed by atoms with Crippen molar-refractivity contribution in [3.8, 4) is 6.07 Å². The molecule has 1 rings (SSSR count). The van der Waals surface area contributed by atoms with Crippen molar-refractivity contribution in [3.05, 3.63) is 27.9 Å². The van der Waals surface area contributed by atoms with Gasteiger partial charge in [0.05, 0.1) is 17.6 Å². The molecule has 0 fully saturated rings. The first kappa shape index (κ1) is 15.9. The molecule has 1 heterocycles. The Morgan fingerprint density at radius 2 is 2.30 bits per heavy atom. The van der Waals surface area contributed by atoms with E-state index in [1.165, 1.54) is 12.3 Å². The third-order valence-electron chi connectivity index (χ3n) is 2.86. The van der Waals surface area contributed by atoms with Gasteiger partial charge in [-0.05, 0) is 18.9 Å². The van der Waals surface area contributed by atoms with E-state index in [1.54, 1.807) is 0 Å². The first-order valence-corrected chi connectivity index (χ1v) is 6.39. The molecule has 7 nitrogen and oxygen atoms in total. The number of rotatable bonds is 7. The molecule has 20 heavy (non-hydrogen) atoms. The summed E-state index contributed by atoms with van der Waals surface area (Å²) in [6, 6.07) is 3.02. The van der Waals surface area contributed by atoms with Crippen LogP contribution in [0.4, 0.5) is 11.5 Å². The van der Waals surface area contributed by atoms with E-state index in [1.807, 2.05) is 26.8 Å². The molecule has 0 saturated heterocycles. The molecule has 0 aliphatic carbocycles. The van der Waals surface area contributed by atoms with Crippen LogP contribution in [0.25, 0.3) is 0 Å². The average molecular weight is 278 g/mol. The van der Waals surface area contributed by atoms with Crippen molar-refractivity contribution in [2.24, 2.45) is 5.92 Å². The molecule has 1 atom stereocenters. The monoisotopic (exact) mass is 278 g/mol. The van der Waals surface area contributed by atoms with Crippen LogP contribution >= 0.6 is 0 Å². The zero-order chi connectivity index (χ0) is 15.1. The van der Waals surface area contributed by atoms with E-state index in [2.05, 4.69) is 10.3 Å². The Balaban J connectivity index is 3.06. The molecular formula is C13H18N4O3. The van der Waals surface area contributed by atoms with Gasteiger partial charge in [-0.3, -0.25) is 10.1 Å². The van der Waals surface area contributed by atoms with Gasteiger partial charge in [-0.1, -0.05) is 13.8 Å². The van der Waals surface area contributed by atoms with E-state index in [0.717, 1.165) is 0 Å². The SMILES string of the molecule is CCOCC(Nc1nccc(C#N)c1[N+](=O)[O-])C(C)C. The maximum atomic E-state index is 11.1. The molecule has 0 aromatic carbocycles. The molecule has 1 aromatic heterocycles. The molecule has 0 bridgehead atoms. The van der Waals surface area contributed by atoms with Crippen molar-refractivity contribution in [1.82, 2.24) is 4.98 Å². The fourth-order valence-electron chi connectivity index (χ4n) is 1.66. The summed E-state index contributed by atoms with van der Waals surface area (Å²) in [6.07, 6.45) is 1.38. The van der Waals surface area contributed by atoms with E-state index in [-0.39, 0.29) is 29.0 Å². The van der Waals surface area contributed by atoms with Crippen molar-refractivity contribution in [1.29, 1.82) is 5.26 Å². The number of nitrogens with zero attached hydrogens (tertiary/aromatic N) is 3. The number of aromatic nitrogens is 1. The van der Waals surface area contributed by atoms with Gasteiger partial charge in [0.25, 0.3) is 0 Å². The van der Waals surface area contributed by atoms with E-state index < -0.39 is 4.92 Å². The van der Waals surface area contributed by atoms with Gasteiger partial charge in [0.2, 0.25) is 5.82 Å². The molecule has 0 saturated carbocycles. The minimum Gasteiger partial charge on any atom is -0.380 e. The second-order valence-electron chi connectivity index (χ2n) is 4.58. The average Bonchev–Trinajstić information content (AvgIpc) is 2.42. The third kappa shape index (κ3) is 3.90. The summed E-state index contributed by atoms with van der Waals surface area (Å²) in [5.41, 5.74) is -0.302. The highest BCUT2D eigenvalue weighted by molar-refractivity contribution is 5.64. The maximum Gasteiger partial charge on any atom is 0.328 e. The largest absolute Gasteiger partial charge is 0.380 e. The number of nitro groups is 1. The van der Waals surface area contributed by atoms with Gasteiger partial charge in [-0.2, -0.15) is 5.26 Å². The van der Waals surface area contributed by atoms with Gasteiger partial charge in [-0.15, -0.1) is 0 Å². The lowest BCUT2D eigenvalue weighted by molar-refractivity contribution is -0.384. The smallest absolute Gasteiger partial charge is 0.328 e. The molecule has 0 aliphatic rings. The van der Waals surface area contributed by atoms with Gasteiger partial charge in [0.1, 0.15) is 11.6 Å². The number of hydrogen-bond donors (Lipinski definition) is 1. The first-order valence-electron chi connectivity index (χ1n) is 6.39. The molecule has 1 unspecified atom stereocenters. The van der Waals surface area contributed by atoms with Gasteiger partial charge < -0.3 is 10.1 Å². The fraction of sp³-hybridized carbons (Fsp3) is 0.538. The molecule has 7 heteroatoms. The topological polar surface area (TPSA) is 101 Å². The Labute approximate surface area is 117 Å². The molecule has 1 N–H and O–H groups in total. The van der Waals surface area contributed by atoms with Gasteiger partial charge in [0.15, 0.2) is 0 Å².